The number of H-pyrrole nitrogens is 1. The molecule has 42 heavy (non-hydrogen) atoms. The number of piperazine rings is 1. The number of anilines is 1. The Morgan fingerprint density at radius 1 is 1.24 bits per heavy atom. The van der Waals surface area contributed by atoms with Crippen molar-refractivity contribution in [3.8, 4) is 17.6 Å². The van der Waals surface area contributed by atoms with E-state index >= 15 is 4.39 Å². The van der Waals surface area contributed by atoms with Gasteiger partial charge in [-0.25, -0.2) is 13.8 Å². The number of hydrogen-bond acceptors (Lipinski definition) is 9. The van der Waals surface area contributed by atoms with Crippen LogP contribution in [-0.2, 0) is 4.79 Å². The molecule has 0 radical (unpaired) electrons. The van der Waals surface area contributed by atoms with Crippen molar-refractivity contribution in [1.82, 2.24) is 34.9 Å². The number of carbonyl (C=O) groups excluding carboxylic acids is 1. The minimum absolute atomic E-state index is 0.0209. The third-order valence-electron chi connectivity index (χ3n) is 7.58. The molecule has 2 aliphatic rings. The average Bonchev–Trinajstić information content (AvgIpc) is 3.46. The molecule has 14 heteroatoms. The first-order chi connectivity index (χ1) is 20.2. The van der Waals surface area contributed by atoms with Gasteiger partial charge in [0.15, 0.2) is 11.4 Å². The number of likely N-dealkylation sites (tertiary alicyclic amines) is 1. The van der Waals surface area contributed by atoms with Crippen LogP contribution in [0.3, 0.4) is 0 Å². The molecule has 11 nitrogen and oxygen atoms in total. The molecular formula is C28H29ClF2N8O3. The van der Waals surface area contributed by atoms with E-state index in [2.05, 4.69) is 31.7 Å². The predicted octanol–water partition coefficient (Wildman–Crippen LogP) is 4.13. The molecule has 2 fully saturated rings. The summed E-state index contributed by atoms with van der Waals surface area (Å²) in [5, 5.41) is 7.47. The number of pyridine rings is 1. The monoisotopic (exact) mass is 598 g/mol. The SMILES string of the molecule is C=CC(=O)N1CCN(c2nc(OC[C@]3(F)CCCN(C)C3)nc3c(Oc4c(Cl)c(F)cc5[nH]ncc45)nccc23)CC1. The lowest BCUT2D eigenvalue weighted by atomic mass is 9.96. The van der Waals surface area contributed by atoms with Crippen LogP contribution in [0.25, 0.3) is 21.8 Å². The van der Waals surface area contributed by atoms with Crippen molar-refractivity contribution in [1.29, 1.82) is 0 Å². The molecule has 5 heterocycles. The molecule has 4 aromatic rings. The number of amides is 1. The molecule has 0 unspecified atom stereocenters. The largest absolute Gasteiger partial charge is 0.460 e. The molecule has 6 rings (SSSR count). The minimum atomic E-state index is -1.56. The Morgan fingerprint density at radius 3 is 2.81 bits per heavy atom. The number of benzene rings is 1. The first kappa shape index (κ1) is 28.0. The van der Waals surface area contributed by atoms with Gasteiger partial charge in [0.2, 0.25) is 11.8 Å². The molecule has 1 N–H and O–H groups in total. The topological polar surface area (TPSA) is 113 Å². The number of aromatic amines is 1. The quantitative estimate of drug-likeness (QED) is 0.314. The Hall–Kier alpha value is -4.10. The zero-order valence-corrected chi connectivity index (χ0v) is 23.7. The number of nitrogens with zero attached hydrogens (tertiary/aromatic N) is 7. The van der Waals surface area contributed by atoms with Gasteiger partial charge in [0, 0.05) is 45.0 Å². The summed E-state index contributed by atoms with van der Waals surface area (Å²) < 4.78 is 42.3. The summed E-state index contributed by atoms with van der Waals surface area (Å²) in [6.45, 7) is 6.27. The second kappa shape index (κ2) is 11.3. The van der Waals surface area contributed by atoms with Gasteiger partial charge in [-0.2, -0.15) is 15.1 Å². The van der Waals surface area contributed by atoms with Crippen molar-refractivity contribution < 1.29 is 23.0 Å². The molecule has 0 spiro atoms. The number of ether oxygens (including phenoxy) is 2. The Labute approximate surface area is 245 Å². The number of hydrogen-bond donors (Lipinski definition) is 1. The van der Waals surface area contributed by atoms with Crippen molar-refractivity contribution in [2.75, 3.05) is 57.8 Å². The lowest BCUT2D eigenvalue weighted by molar-refractivity contribution is -0.126. The third kappa shape index (κ3) is 5.41. The standard InChI is InChI=1S/C28H29ClF2N8O3/c1-3-21(40)38-9-11-39(12-10-38)25-17-5-7-32-26(42-24-18-14-33-36-20(18)13-19(30)22(24)29)23(17)34-27(35-25)41-16-28(31)6-4-8-37(2)15-28/h3,5,7,13-14H,1,4,6,8-12,15-16H2,2H3,(H,33,36)/t28-/m0/s1. The van der Waals surface area contributed by atoms with Gasteiger partial charge >= 0.3 is 6.01 Å². The van der Waals surface area contributed by atoms with Crippen LogP contribution in [0.15, 0.2) is 37.2 Å². The van der Waals surface area contributed by atoms with E-state index in [0.29, 0.717) is 61.1 Å². The molecule has 0 bridgehead atoms. The number of halogens is 3. The van der Waals surface area contributed by atoms with Crippen molar-refractivity contribution in [2.24, 2.45) is 0 Å². The van der Waals surface area contributed by atoms with E-state index in [1.165, 1.54) is 24.5 Å². The summed E-state index contributed by atoms with van der Waals surface area (Å²) in [6.07, 6.45) is 5.37. The highest BCUT2D eigenvalue weighted by Crippen LogP contribution is 2.40. The Bertz CT molecular complexity index is 1660. The van der Waals surface area contributed by atoms with E-state index in [-0.39, 0.29) is 47.2 Å². The number of aromatic nitrogens is 5. The highest BCUT2D eigenvalue weighted by Gasteiger charge is 2.36. The van der Waals surface area contributed by atoms with E-state index < -0.39 is 11.5 Å². The minimum Gasteiger partial charge on any atom is -0.460 e. The average molecular weight is 599 g/mol. The number of alkyl halides is 1. The van der Waals surface area contributed by atoms with E-state index in [9.17, 15) is 9.18 Å². The summed E-state index contributed by atoms with van der Waals surface area (Å²) in [5.74, 6) is -0.272. The van der Waals surface area contributed by atoms with Crippen LogP contribution in [0.1, 0.15) is 12.8 Å². The van der Waals surface area contributed by atoms with Crippen molar-refractivity contribution in [3.63, 3.8) is 0 Å². The lowest BCUT2D eigenvalue weighted by Gasteiger charge is -2.36. The van der Waals surface area contributed by atoms with Gasteiger partial charge in [-0.1, -0.05) is 18.2 Å². The first-order valence-electron chi connectivity index (χ1n) is 13.6. The summed E-state index contributed by atoms with van der Waals surface area (Å²) in [6, 6.07) is 2.91. The fourth-order valence-electron chi connectivity index (χ4n) is 5.46. The maximum absolute atomic E-state index is 15.6. The van der Waals surface area contributed by atoms with Crippen LogP contribution in [0.5, 0.6) is 17.6 Å². The van der Waals surface area contributed by atoms with Crippen LogP contribution in [0, 0.1) is 5.82 Å². The second-order valence-corrected chi connectivity index (χ2v) is 11.0. The van der Waals surface area contributed by atoms with Crippen LogP contribution >= 0.6 is 11.6 Å². The molecule has 220 valence electrons. The zero-order valence-electron chi connectivity index (χ0n) is 22.9. The molecule has 1 amide bonds. The smallest absolute Gasteiger partial charge is 0.319 e. The van der Waals surface area contributed by atoms with Gasteiger partial charge in [-0.3, -0.25) is 9.89 Å². The summed E-state index contributed by atoms with van der Waals surface area (Å²) in [4.78, 5) is 31.4. The normalized spacial score (nSPS) is 19.8. The fourth-order valence-corrected chi connectivity index (χ4v) is 5.66. The zero-order chi connectivity index (χ0) is 29.4. The number of fused-ring (bicyclic) bond motifs is 2. The van der Waals surface area contributed by atoms with Crippen LogP contribution in [0.4, 0.5) is 14.6 Å². The first-order valence-corrected chi connectivity index (χ1v) is 13.9. The van der Waals surface area contributed by atoms with Gasteiger partial charge in [0.1, 0.15) is 28.8 Å². The summed E-state index contributed by atoms with van der Waals surface area (Å²) in [5.41, 5.74) is -0.893. The molecule has 1 aromatic carbocycles. The molecular weight excluding hydrogens is 570 g/mol. The molecule has 0 saturated carbocycles. The van der Waals surface area contributed by atoms with Crippen molar-refractivity contribution in [3.05, 3.63) is 48.0 Å². The predicted molar refractivity (Wildman–Crippen MR) is 154 cm³/mol. The van der Waals surface area contributed by atoms with Crippen molar-refractivity contribution >= 4 is 45.1 Å². The number of nitrogens with one attached hydrogen (secondary N) is 1. The van der Waals surface area contributed by atoms with Crippen molar-refractivity contribution in [2.45, 2.75) is 18.5 Å². The number of carbonyl (C=O) groups is 1. The highest BCUT2D eigenvalue weighted by atomic mass is 35.5. The van der Waals surface area contributed by atoms with E-state index in [0.717, 1.165) is 6.54 Å². The summed E-state index contributed by atoms with van der Waals surface area (Å²) >= 11 is 6.31. The summed E-state index contributed by atoms with van der Waals surface area (Å²) in [7, 11) is 1.87. The van der Waals surface area contributed by atoms with Crippen LogP contribution in [0.2, 0.25) is 5.02 Å². The van der Waals surface area contributed by atoms with Gasteiger partial charge < -0.3 is 24.2 Å². The number of piperidine rings is 1. The molecule has 3 aromatic heterocycles. The van der Waals surface area contributed by atoms with E-state index in [4.69, 9.17) is 21.1 Å². The van der Waals surface area contributed by atoms with E-state index in [1.54, 1.807) is 11.0 Å². The second-order valence-electron chi connectivity index (χ2n) is 10.6. The fraction of sp³-hybridized carbons (Fsp3) is 0.393. The van der Waals surface area contributed by atoms with Crippen LogP contribution < -0.4 is 14.4 Å². The van der Waals surface area contributed by atoms with Gasteiger partial charge in [-0.15, -0.1) is 0 Å². The lowest BCUT2D eigenvalue weighted by Crippen LogP contribution is -2.48. The molecule has 2 aliphatic heterocycles. The van der Waals surface area contributed by atoms with Gasteiger partial charge in [0.05, 0.1) is 22.5 Å². The Kier molecular flexibility index (Phi) is 7.54. The van der Waals surface area contributed by atoms with Gasteiger partial charge in [0.25, 0.3) is 0 Å². The maximum Gasteiger partial charge on any atom is 0.319 e. The maximum atomic E-state index is 15.6. The Balaban J connectivity index is 1.40. The van der Waals surface area contributed by atoms with Crippen LogP contribution in [-0.4, -0.2) is 99.4 Å². The third-order valence-corrected chi connectivity index (χ3v) is 7.93. The van der Waals surface area contributed by atoms with Gasteiger partial charge in [-0.05, 0) is 38.6 Å². The molecule has 2 saturated heterocycles. The molecule has 1 atom stereocenters. The Morgan fingerprint density at radius 2 is 2.05 bits per heavy atom. The van der Waals surface area contributed by atoms with E-state index in [1.807, 2.05) is 16.8 Å². The molecule has 0 aliphatic carbocycles. The highest BCUT2D eigenvalue weighted by molar-refractivity contribution is 6.33. The number of rotatable bonds is 7.